The molecule has 174 valence electrons. The Morgan fingerprint density at radius 3 is 2.45 bits per heavy atom. The number of anilines is 3. The Morgan fingerprint density at radius 1 is 1.09 bits per heavy atom. The van der Waals surface area contributed by atoms with Crippen molar-refractivity contribution in [2.75, 3.05) is 17.7 Å². The standard InChI is InChI=1S/C23H23F3N4O3/c1-4-14(2)27-22-29-19(16-6-5-7-18(12-16)33-23(24,25)26)13-20(30-22)28-17-10-8-15(9-11-17)21(31)32-3/h5-14H,4H2,1-3H3,(H2,27,28,29,30)/t14-/m0/s1. The average Bonchev–Trinajstić information content (AvgIpc) is 2.78. The molecule has 0 bridgehead atoms. The molecule has 1 aromatic heterocycles. The van der Waals surface area contributed by atoms with E-state index in [-0.39, 0.29) is 11.8 Å². The van der Waals surface area contributed by atoms with E-state index in [1.807, 2.05) is 13.8 Å². The van der Waals surface area contributed by atoms with E-state index >= 15 is 0 Å². The fraction of sp³-hybridized carbons (Fsp3) is 0.261. The molecule has 1 atom stereocenters. The van der Waals surface area contributed by atoms with E-state index in [9.17, 15) is 18.0 Å². The zero-order chi connectivity index (χ0) is 24.0. The van der Waals surface area contributed by atoms with Crippen molar-refractivity contribution in [1.29, 1.82) is 0 Å². The van der Waals surface area contributed by atoms with E-state index in [0.717, 1.165) is 6.42 Å². The number of nitrogens with zero attached hydrogens (tertiary/aromatic N) is 2. The van der Waals surface area contributed by atoms with E-state index in [0.29, 0.717) is 34.3 Å². The predicted molar refractivity (Wildman–Crippen MR) is 119 cm³/mol. The van der Waals surface area contributed by atoms with Crippen LogP contribution in [0.3, 0.4) is 0 Å². The summed E-state index contributed by atoms with van der Waals surface area (Å²) in [4.78, 5) is 20.5. The minimum absolute atomic E-state index is 0.0762. The number of rotatable bonds is 8. The van der Waals surface area contributed by atoms with Crippen LogP contribution in [0.25, 0.3) is 11.3 Å². The third-order valence-corrected chi connectivity index (χ3v) is 4.66. The summed E-state index contributed by atoms with van der Waals surface area (Å²) < 4.78 is 46.6. The minimum atomic E-state index is -4.79. The molecule has 3 aromatic rings. The SMILES string of the molecule is CC[C@H](C)Nc1nc(Nc2ccc(C(=O)OC)cc2)cc(-c2cccc(OC(F)(F)F)c2)n1. The maximum absolute atomic E-state index is 12.6. The molecule has 0 unspecified atom stereocenters. The van der Waals surface area contributed by atoms with Crippen LogP contribution in [0.5, 0.6) is 5.75 Å². The zero-order valence-corrected chi connectivity index (χ0v) is 18.2. The Morgan fingerprint density at radius 2 is 1.82 bits per heavy atom. The molecule has 0 aliphatic heterocycles. The molecule has 7 nitrogen and oxygen atoms in total. The van der Waals surface area contributed by atoms with Gasteiger partial charge < -0.3 is 20.1 Å². The number of benzene rings is 2. The molecular weight excluding hydrogens is 437 g/mol. The third kappa shape index (κ3) is 6.83. The van der Waals surface area contributed by atoms with E-state index < -0.39 is 12.3 Å². The fourth-order valence-electron chi connectivity index (χ4n) is 2.85. The lowest BCUT2D eigenvalue weighted by molar-refractivity contribution is -0.274. The van der Waals surface area contributed by atoms with Crippen LogP contribution >= 0.6 is 0 Å². The lowest BCUT2D eigenvalue weighted by atomic mass is 10.1. The average molecular weight is 460 g/mol. The molecule has 0 spiro atoms. The van der Waals surface area contributed by atoms with E-state index in [1.165, 1.54) is 25.3 Å². The van der Waals surface area contributed by atoms with Crippen molar-refractivity contribution < 1.29 is 27.4 Å². The predicted octanol–water partition coefficient (Wildman–Crippen LogP) is 5.78. The molecule has 0 saturated carbocycles. The molecule has 2 N–H and O–H groups in total. The first kappa shape index (κ1) is 23.8. The molecule has 0 saturated heterocycles. The summed E-state index contributed by atoms with van der Waals surface area (Å²) in [6.07, 6.45) is -3.98. The number of methoxy groups -OCH3 is 1. The van der Waals surface area contributed by atoms with Crippen molar-refractivity contribution >= 4 is 23.4 Å². The summed E-state index contributed by atoms with van der Waals surface area (Å²) in [5.74, 6) is -0.0636. The van der Waals surface area contributed by atoms with Crippen LogP contribution in [0, 0.1) is 0 Å². The van der Waals surface area contributed by atoms with Crippen LogP contribution in [0.15, 0.2) is 54.6 Å². The van der Waals surface area contributed by atoms with Crippen LogP contribution in [-0.2, 0) is 4.74 Å². The summed E-state index contributed by atoms with van der Waals surface area (Å²) in [5, 5.41) is 6.31. The van der Waals surface area contributed by atoms with E-state index in [2.05, 4.69) is 25.3 Å². The van der Waals surface area contributed by atoms with Gasteiger partial charge in [0, 0.05) is 23.4 Å². The highest BCUT2D eigenvalue weighted by atomic mass is 19.4. The van der Waals surface area contributed by atoms with Gasteiger partial charge in [0.05, 0.1) is 18.4 Å². The molecule has 0 radical (unpaired) electrons. The number of carbonyl (C=O) groups excluding carboxylic acids is 1. The number of hydrogen-bond donors (Lipinski definition) is 2. The molecular formula is C23H23F3N4O3. The minimum Gasteiger partial charge on any atom is -0.465 e. The first-order valence-electron chi connectivity index (χ1n) is 10.1. The highest BCUT2D eigenvalue weighted by Gasteiger charge is 2.31. The normalized spacial score (nSPS) is 12.1. The highest BCUT2D eigenvalue weighted by Crippen LogP contribution is 2.29. The van der Waals surface area contributed by atoms with Crippen molar-refractivity contribution in [2.45, 2.75) is 32.7 Å². The van der Waals surface area contributed by atoms with Crippen LogP contribution in [0.2, 0.25) is 0 Å². The van der Waals surface area contributed by atoms with Gasteiger partial charge in [0.15, 0.2) is 0 Å². The van der Waals surface area contributed by atoms with Gasteiger partial charge in [-0.05, 0) is 49.7 Å². The van der Waals surface area contributed by atoms with Gasteiger partial charge in [-0.3, -0.25) is 0 Å². The van der Waals surface area contributed by atoms with E-state index in [4.69, 9.17) is 4.74 Å². The van der Waals surface area contributed by atoms with Crippen molar-refractivity contribution in [3.8, 4) is 17.0 Å². The third-order valence-electron chi connectivity index (χ3n) is 4.66. The van der Waals surface area contributed by atoms with Gasteiger partial charge in [0.25, 0.3) is 0 Å². The number of alkyl halides is 3. The van der Waals surface area contributed by atoms with Crippen LogP contribution in [0.4, 0.5) is 30.6 Å². The second kappa shape index (κ2) is 10.2. The molecule has 33 heavy (non-hydrogen) atoms. The van der Waals surface area contributed by atoms with Crippen molar-refractivity contribution in [1.82, 2.24) is 9.97 Å². The Labute approximate surface area is 189 Å². The molecule has 1 heterocycles. The summed E-state index contributed by atoms with van der Waals surface area (Å²) in [6.45, 7) is 3.97. The van der Waals surface area contributed by atoms with Gasteiger partial charge >= 0.3 is 12.3 Å². The number of esters is 1. The Balaban J connectivity index is 1.94. The van der Waals surface area contributed by atoms with Crippen molar-refractivity contribution in [2.24, 2.45) is 0 Å². The highest BCUT2D eigenvalue weighted by molar-refractivity contribution is 5.89. The Hall–Kier alpha value is -3.82. The second-order valence-corrected chi connectivity index (χ2v) is 7.19. The molecule has 2 aromatic carbocycles. The summed E-state index contributed by atoms with van der Waals surface area (Å²) in [7, 11) is 1.30. The molecule has 10 heteroatoms. The maximum atomic E-state index is 12.6. The molecule has 0 aliphatic rings. The van der Waals surface area contributed by atoms with Gasteiger partial charge in [-0.1, -0.05) is 19.1 Å². The molecule has 0 amide bonds. The molecule has 3 rings (SSSR count). The second-order valence-electron chi connectivity index (χ2n) is 7.19. The first-order valence-corrected chi connectivity index (χ1v) is 10.1. The van der Waals surface area contributed by atoms with Crippen molar-refractivity contribution in [3.63, 3.8) is 0 Å². The summed E-state index contributed by atoms with van der Waals surface area (Å²) >= 11 is 0. The van der Waals surface area contributed by atoms with Crippen LogP contribution in [0.1, 0.15) is 30.6 Å². The number of halogens is 3. The van der Waals surface area contributed by atoms with Gasteiger partial charge in [-0.15, -0.1) is 13.2 Å². The van der Waals surface area contributed by atoms with E-state index in [1.54, 1.807) is 36.4 Å². The van der Waals surface area contributed by atoms with Crippen LogP contribution in [-0.4, -0.2) is 35.5 Å². The molecule has 0 fully saturated rings. The number of nitrogens with one attached hydrogen (secondary N) is 2. The quantitative estimate of drug-likeness (QED) is 0.412. The topological polar surface area (TPSA) is 85.4 Å². The number of ether oxygens (including phenoxy) is 2. The first-order chi connectivity index (χ1) is 15.7. The maximum Gasteiger partial charge on any atom is 0.573 e. The number of carbonyl (C=O) groups is 1. The lowest BCUT2D eigenvalue weighted by Crippen LogP contribution is -2.17. The number of hydrogen-bond acceptors (Lipinski definition) is 7. The monoisotopic (exact) mass is 460 g/mol. The van der Waals surface area contributed by atoms with Gasteiger partial charge in [-0.25, -0.2) is 9.78 Å². The smallest absolute Gasteiger partial charge is 0.465 e. The van der Waals surface area contributed by atoms with Crippen molar-refractivity contribution in [3.05, 3.63) is 60.2 Å². The number of aromatic nitrogens is 2. The largest absolute Gasteiger partial charge is 0.573 e. The van der Waals surface area contributed by atoms with Gasteiger partial charge in [0.1, 0.15) is 11.6 Å². The summed E-state index contributed by atoms with van der Waals surface area (Å²) in [6, 6.07) is 13.8. The molecule has 0 aliphatic carbocycles. The fourth-order valence-corrected chi connectivity index (χ4v) is 2.85. The zero-order valence-electron chi connectivity index (χ0n) is 18.2. The van der Waals surface area contributed by atoms with Gasteiger partial charge in [-0.2, -0.15) is 4.98 Å². The Kier molecular flexibility index (Phi) is 7.37. The Bertz CT molecular complexity index is 1100. The van der Waals surface area contributed by atoms with Crippen LogP contribution < -0.4 is 15.4 Å². The lowest BCUT2D eigenvalue weighted by Gasteiger charge is -2.15. The summed E-state index contributed by atoms with van der Waals surface area (Å²) in [5.41, 5.74) is 1.87. The van der Waals surface area contributed by atoms with Gasteiger partial charge in [0.2, 0.25) is 5.95 Å².